The van der Waals surface area contributed by atoms with Gasteiger partial charge < -0.3 is 10.4 Å². The molecule has 1 saturated carbocycles. The Bertz CT molecular complexity index is 434. The number of hydrogen-bond acceptors (Lipinski definition) is 4. The lowest BCUT2D eigenvalue weighted by Gasteiger charge is -2.24. The van der Waals surface area contributed by atoms with Gasteiger partial charge in [-0.05, 0) is 57.0 Å². The van der Waals surface area contributed by atoms with Crippen LogP contribution in [0.15, 0.2) is 0 Å². The molecule has 3 atom stereocenters. The van der Waals surface area contributed by atoms with E-state index in [0.717, 1.165) is 45.2 Å². The van der Waals surface area contributed by atoms with Crippen molar-refractivity contribution < 1.29 is 13.5 Å². The average Bonchev–Trinajstić information content (AvgIpc) is 3.01. The van der Waals surface area contributed by atoms with Crippen molar-refractivity contribution in [1.82, 2.24) is 9.62 Å². The molecule has 2 aliphatic heterocycles. The van der Waals surface area contributed by atoms with Gasteiger partial charge in [0.1, 0.15) is 0 Å². The largest absolute Gasteiger partial charge is 0.393 e. The Hall–Kier alpha value is -0.170. The number of nitrogens with zero attached hydrogens (tertiary/aromatic N) is 1. The fourth-order valence-electron chi connectivity index (χ4n) is 4.04. The van der Waals surface area contributed by atoms with Gasteiger partial charge in [0.25, 0.3) is 0 Å². The topological polar surface area (TPSA) is 69.6 Å². The number of nitrogens with one attached hydrogen (secondary N) is 1. The predicted octanol–water partition coefficient (Wildman–Crippen LogP) is 0.409. The minimum absolute atomic E-state index is 0.184. The standard InChI is InChI=1S/C14H26N2O3S/c17-14-2-1-12-9-16(10-13(12)14)20(18,19)8-5-11-3-6-15-7-4-11/h11-15,17H,1-10H2. The molecular weight excluding hydrogens is 276 g/mol. The number of aliphatic hydroxyl groups excluding tert-OH is 1. The molecule has 5 nitrogen and oxygen atoms in total. The molecule has 6 heteroatoms. The van der Waals surface area contributed by atoms with Crippen LogP contribution < -0.4 is 5.32 Å². The van der Waals surface area contributed by atoms with Crippen LogP contribution in [0.3, 0.4) is 0 Å². The molecule has 0 amide bonds. The van der Waals surface area contributed by atoms with Gasteiger partial charge in [-0.3, -0.25) is 0 Å². The van der Waals surface area contributed by atoms with Crippen molar-refractivity contribution >= 4 is 10.0 Å². The van der Waals surface area contributed by atoms with Crippen LogP contribution in [0.2, 0.25) is 0 Å². The first-order chi connectivity index (χ1) is 9.56. The first kappa shape index (κ1) is 14.8. The third kappa shape index (κ3) is 3.03. The van der Waals surface area contributed by atoms with E-state index in [1.54, 1.807) is 4.31 Å². The molecular formula is C14H26N2O3S. The minimum Gasteiger partial charge on any atom is -0.393 e. The van der Waals surface area contributed by atoms with Crippen molar-refractivity contribution in [3.05, 3.63) is 0 Å². The Balaban J connectivity index is 1.53. The summed E-state index contributed by atoms with van der Waals surface area (Å²) < 4.78 is 26.5. The smallest absolute Gasteiger partial charge is 0.214 e. The molecule has 3 rings (SSSR count). The van der Waals surface area contributed by atoms with Crippen LogP contribution in [-0.4, -0.2) is 55.9 Å². The minimum atomic E-state index is -3.12. The molecule has 0 aromatic heterocycles. The number of piperidine rings is 1. The van der Waals surface area contributed by atoms with E-state index in [-0.39, 0.29) is 17.8 Å². The van der Waals surface area contributed by atoms with Crippen LogP contribution in [0.25, 0.3) is 0 Å². The second kappa shape index (κ2) is 5.91. The molecule has 20 heavy (non-hydrogen) atoms. The summed E-state index contributed by atoms with van der Waals surface area (Å²) in [6.45, 7) is 3.21. The van der Waals surface area contributed by atoms with Gasteiger partial charge in [-0.25, -0.2) is 12.7 Å². The van der Waals surface area contributed by atoms with Crippen molar-refractivity contribution in [3.63, 3.8) is 0 Å². The van der Waals surface area contributed by atoms with Gasteiger partial charge in [0.05, 0.1) is 11.9 Å². The quantitative estimate of drug-likeness (QED) is 0.789. The lowest BCUT2D eigenvalue weighted by atomic mass is 9.96. The Morgan fingerprint density at radius 1 is 1.10 bits per heavy atom. The summed E-state index contributed by atoms with van der Waals surface area (Å²) in [6.07, 6.45) is 4.52. The summed E-state index contributed by atoms with van der Waals surface area (Å²) in [5, 5.41) is 13.2. The fourth-order valence-corrected chi connectivity index (χ4v) is 5.75. The van der Waals surface area contributed by atoms with E-state index in [9.17, 15) is 13.5 Å². The van der Waals surface area contributed by atoms with E-state index in [1.165, 1.54) is 0 Å². The third-order valence-corrected chi connectivity index (χ3v) is 7.26. The van der Waals surface area contributed by atoms with Crippen molar-refractivity contribution in [2.24, 2.45) is 17.8 Å². The SMILES string of the molecule is O=S(=O)(CCC1CCNCC1)N1CC2CCC(O)C2C1. The maximum Gasteiger partial charge on any atom is 0.214 e. The van der Waals surface area contributed by atoms with Crippen LogP contribution in [0.5, 0.6) is 0 Å². The molecule has 2 N–H and O–H groups in total. The highest BCUT2D eigenvalue weighted by atomic mass is 32.2. The van der Waals surface area contributed by atoms with Crippen molar-refractivity contribution in [3.8, 4) is 0 Å². The van der Waals surface area contributed by atoms with Gasteiger partial charge in [-0.1, -0.05) is 0 Å². The molecule has 0 aromatic rings. The Morgan fingerprint density at radius 3 is 2.55 bits per heavy atom. The van der Waals surface area contributed by atoms with Gasteiger partial charge in [-0.15, -0.1) is 0 Å². The molecule has 1 aliphatic carbocycles. The van der Waals surface area contributed by atoms with Crippen LogP contribution in [0.1, 0.15) is 32.1 Å². The average molecular weight is 302 g/mol. The van der Waals surface area contributed by atoms with Gasteiger partial charge in [0.2, 0.25) is 10.0 Å². The van der Waals surface area contributed by atoms with Gasteiger partial charge in [-0.2, -0.15) is 0 Å². The molecule has 3 aliphatic rings. The van der Waals surface area contributed by atoms with E-state index in [4.69, 9.17) is 0 Å². The first-order valence-electron chi connectivity index (χ1n) is 7.93. The maximum absolute atomic E-state index is 12.4. The Labute approximate surface area is 121 Å². The summed E-state index contributed by atoms with van der Waals surface area (Å²) in [5.41, 5.74) is 0. The van der Waals surface area contributed by atoms with Gasteiger partial charge >= 0.3 is 0 Å². The fraction of sp³-hybridized carbons (Fsp3) is 1.00. The number of sulfonamides is 1. The maximum atomic E-state index is 12.4. The highest BCUT2D eigenvalue weighted by Gasteiger charge is 2.45. The molecule has 3 unspecified atom stereocenters. The molecule has 116 valence electrons. The normalized spacial score (nSPS) is 36.4. The molecule has 2 saturated heterocycles. The van der Waals surface area contributed by atoms with E-state index in [1.807, 2.05) is 0 Å². The van der Waals surface area contributed by atoms with Crippen LogP contribution >= 0.6 is 0 Å². The lowest BCUT2D eigenvalue weighted by Crippen LogP contribution is -2.34. The molecule has 2 heterocycles. The van der Waals surface area contributed by atoms with Crippen molar-refractivity contribution in [1.29, 1.82) is 0 Å². The molecule has 3 fully saturated rings. The van der Waals surface area contributed by atoms with Crippen LogP contribution in [-0.2, 0) is 10.0 Å². The highest BCUT2D eigenvalue weighted by molar-refractivity contribution is 7.89. The van der Waals surface area contributed by atoms with E-state index >= 15 is 0 Å². The summed E-state index contributed by atoms with van der Waals surface area (Å²) in [4.78, 5) is 0. The van der Waals surface area contributed by atoms with Crippen LogP contribution in [0.4, 0.5) is 0 Å². The zero-order valence-electron chi connectivity index (χ0n) is 12.0. The highest BCUT2D eigenvalue weighted by Crippen LogP contribution is 2.39. The predicted molar refractivity (Wildman–Crippen MR) is 77.8 cm³/mol. The number of fused-ring (bicyclic) bond motifs is 1. The Kier molecular flexibility index (Phi) is 4.36. The van der Waals surface area contributed by atoms with E-state index < -0.39 is 10.0 Å². The Morgan fingerprint density at radius 2 is 1.85 bits per heavy atom. The molecule has 0 aromatic carbocycles. The van der Waals surface area contributed by atoms with E-state index in [2.05, 4.69) is 5.32 Å². The monoisotopic (exact) mass is 302 g/mol. The number of rotatable bonds is 4. The third-order valence-electron chi connectivity index (χ3n) is 5.42. The van der Waals surface area contributed by atoms with Gasteiger partial charge in [0, 0.05) is 19.0 Å². The molecule has 0 radical (unpaired) electrons. The first-order valence-corrected chi connectivity index (χ1v) is 9.54. The molecule has 0 bridgehead atoms. The number of aliphatic hydroxyl groups is 1. The zero-order chi connectivity index (χ0) is 14.2. The lowest BCUT2D eigenvalue weighted by molar-refractivity contribution is 0.129. The summed E-state index contributed by atoms with van der Waals surface area (Å²) in [7, 11) is -3.12. The zero-order valence-corrected chi connectivity index (χ0v) is 12.8. The van der Waals surface area contributed by atoms with Crippen molar-refractivity contribution in [2.75, 3.05) is 31.9 Å². The second-order valence-electron chi connectivity index (χ2n) is 6.68. The second-order valence-corrected chi connectivity index (χ2v) is 8.77. The number of hydrogen-bond donors (Lipinski definition) is 2. The molecule has 0 spiro atoms. The van der Waals surface area contributed by atoms with Crippen LogP contribution in [0, 0.1) is 17.8 Å². The van der Waals surface area contributed by atoms with Crippen molar-refractivity contribution in [2.45, 2.75) is 38.2 Å². The van der Waals surface area contributed by atoms with Gasteiger partial charge in [0.15, 0.2) is 0 Å². The van der Waals surface area contributed by atoms with E-state index in [0.29, 0.717) is 24.9 Å². The summed E-state index contributed by atoms with van der Waals surface area (Å²) in [6, 6.07) is 0. The summed E-state index contributed by atoms with van der Waals surface area (Å²) in [5.74, 6) is 1.41. The summed E-state index contributed by atoms with van der Waals surface area (Å²) >= 11 is 0.